The fourth-order valence-corrected chi connectivity index (χ4v) is 2.13. The number of halogens is 1. The number of aliphatic hydroxyl groups is 1. The first-order valence-corrected chi connectivity index (χ1v) is 6.08. The molecular weight excluding hydrogens is 254 g/mol. The van der Waals surface area contributed by atoms with Gasteiger partial charge in [0.15, 0.2) is 0 Å². The van der Waals surface area contributed by atoms with E-state index in [1.165, 1.54) is 12.8 Å². The lowest BCUT2D eigenvalue weighted by Gasteiger charge is -2.29. The van der Waals surface area contributed by atoms with Gasteiger partial charge >= 0.3 is 0 Å². The molecule has 2 rings (SSSR count). The summed E-state index contributed by atoms with van der Waals surface area (Å²) in [5, 5.41) is 13.0. The molecule has 1 fully saturated rings. The van der Waals surface area contributed by atoms with E-state index < -0.39 is 0 Å². The summed E-state index contributed by atoms with van der Waals surface area (Å²) in [7, 11) is 0. The minimum atomic E-state index is -0.315. The van der Waals surface area contributed by atoms with Crippen LogP contribution >= 0.6 is 15.9 Å². The van der Waals surface area contributed by atoms with Crippen LogP contribution < -0.4 is 5.32 Å². The number of rotatable bonds is 4. The highest BCUT2D eigenvalue weighted by atomic mass is 79.9. The number of nitrogens with one attached hydrogen (secondary N) is 1. The minimum Gasteiger partial charge on any atom is -0.394 e. The molecule has 0 aliphatic heterocycles. The molecule has 0 heterocycles. The zero-order valence-electron chi connectivity index (χ0n) is 8.83. The summed E-state index contributed by atoms with van der Waals surface area (Å²) in [5.41, 5.74) is 0.816. The lowest BCUT2D eigenvalue weighted by molar-refractivity contribution is 0.173. The third-order valence-corrected chi connectivity index (χ3v) is 3.37. The fourth-order valence-electron chi connectivity index (χ4n) is 1.73. The van der Waals surface area contributed by atoms with Gasteiger partial charge in [0.25, 0.3) is 0 Å². The molecule has 1 unspecified atom stereocenters. The molecule has 2 N–H and O–H groups in total. The Bertz CT molecular complexity index is 351. The molecule has 1 aliphatic rings. The zero-order valence-corrected chi connectivity index (χ0v) is 10.4. The van der Waals surface area contributed by atoms with E-state index in [1.54, 1.807) is 0 Å². The van der Waals surface area contributed by atoms with Crippen molar-refractivity contribution in [1.82, 2.24) is 5.32 Å². The van der Waals surface area contributed by atoms with Gasteiger partial charge in [-0.2, -0.15) is 0 Å². The van der Waals surface area contributed by atoms with Crippen molar-refractivity contribution in [2.45, 2.75) is 31.3 Å². The Morgan fingerprint density at radius 1 is 1.53 bits per heavy atom. The molecule has 3 heteroatoms. The molecule has 0 amide bonds. The van der Waals surface area contributed by atoms with E-state index in [0.717, 1.165) is 10.0 Å². The Labute approximate surface area is 98.8 Å². The number of hydrogen-bond acceptors (Lipinski definition) is 2. The average Bonchev–Trinajstić information content (AvgIpc) is 3.01. The van der Waals surface area contributed by atoms with Crippen LogP contribution in [-0.2, 0) is 5.54 Å². The highest BCUT2D eigenvalue weighted by Crippen LogP contribution is 2.29. The van der Waals surface area contributed by atoms with Crippen molar-refractivity contribution in [3.63, 3.8) is 0 Å². The molecule has 1 aliphatic carbocycles. The second-order valence-corrected chi connectivity index (χ2v) is 5.33. The molecule has 0 aromatic heterocycles. The quantitative estimate of drug-likeness (QED) is 0.880. The maximum atomic E-state index is 9.53. The van der Waals surface area contributed by atoms with Crippen LogP contribution in [0.15, 0.2) is 28.7 Å². The average molecular weight is 270 g/mol. The lowest BCUT2D eigenvalue weighted by atomic mass is 9.93. The lowest BCUT2D eigenvalue weighted by Crippen LogP contribution is -2.44. The zero-order chi connectivity index (χ0) is 10.9. The smallest absolute Gasteiger partial charge is 0.0652 e. The van der Waals surface area contributed by atoms with Crippen molar-refractivity contribution in [3.05, 3.63) is 34.3 Å². The van der Waals surface area contributed by atoms with Crippen LogP contribution in [0, 0.1) is 0 Å². The fraction of sp³-hybridized carbons (Fsp3) is 0.500. The third-order valence-electron chi connectivity index (χ3n) is 2.88. The number of benzene rings is 1. The Morgan fingerprint density at radius 2 is 2.27 bits per heavy atom. The highest BCUT2D eigenvalue weighted by molar-refractivity contribution is 9.10. The number of aliphatic hydroxyl groups excluding tert-OH is 1. The summed E-state index contributed by atoms with van der Waals surface area (Å²) in [6, 6.07) is 8.70. The summed E-state index contributed by atoms with van der Waals surface area (Å²) >= 11 is 3.46. The second kappa shape index (κ2) is 4.24. The van der Waals surface area contributed by atoms with E-state index >= 15 is 0 Å². The molecule has 2 nitrogen and oxygen atoms in total. The van der Waals surface area contributed by atoms with E-state index in [2.05, 4.69) is 33.4 Å². The predicted molar refractivity (Wildman–Crippen MR) is 64.7 cm³/mol. The van der Waals surface area contributed by atoms with E-state index in [-0.39, 0.29) is 12.1 Å². The largest absolute Gasteiger partial charge is 0.394 e. The molecule has 15 heavy (non-hydrogen) atoms. The van der Waals surface area contributed by atoms with Gasteiger partial charge in [-0.05, 0) is 37.5 Å². The van der Waals surface area contributed by atoms with Crippen molar-refractivity contribution >= 4 is 15.9 Å². The van der Waals surface area contributed by atoms with Crippen molar-refractivity contribution in [1.29, 1.82) is 0 Å². The standard InChI is InChI=1S/C12H16BrNO/c1-12(8-15,14-11-5-6-11)9-3-2-4-10(13)7-9/h2-4,7,11,14-15H,5-6,8H2,1H3. The summed E-state index contributed by atoms with van der Waals surface area (Å²) in [5.74, 6) is 0. The first-order chi connectivity index (χ1) is 7.14. The van der Waals surface area contributed by atoms with Gasteiger partial charge in [-0.3, -0.25) is 0 Å². The summed E-state index contributed by atoms with van der Waals surface area (Å²) in [6.45, 7) is 2.17. The van der Waals surface area contributed by atoms with Gasteiger partial charge in [-0.1, -0.05) is 28.1 Å². The second-order valence-electron chi connectivity index (χ2n) is 4.42. The normalized spacial score (nSPS) is 19.9. The molecule has 82 valence electrons. The Kier molecular flexibility index (Phi) is 3.14. The molecule has 0 bridgehead atoms. The molecule has 1 atom stereocenters. The van der Waals surface area contributed by atoms with Crippen LogP contribution in [0.2, 0.25) is 0 Å². The molecule has 1 saturated carbocycles. The van der Waals surface area contributed by atoms with E-state index in [0.29, 0.717) is 6.04 Å². The van der Waals surface area contributed by atoms with Gasteiger partial charge in [0.2, 0.25) is 0 Å². The first kappa shape index (κ1) is 11.1. The molecular formula is C12H16BrNO. The molecule has 0 spiro atoms. The molecule has 0 saturated heterocycles. The first-order valence-electron chi connectivity index (χ1n) is 5.29. The van der Waals surface area contributed by atoms with Gasteiger partial charge in [-0.25, -0.2) is 0 Å². The van der Waals surface area contributed by atoms with Crippen molar-refractivity contribution in [2.24, 2.45) is 0 Å². The third kappa shape index (κ3) is 2.60. The SMILES string of the molecule is CC(CO)(NC1CC1)c1cccc(Br)c1. The van der Waals surface area contributed by atoms with Crippen LogP contribution in [0.3, 0.4) is 0 Å². The predicted octanol–water partition coefficient (Wildman–Crippen LogP) is 2.41. The molecule has 0 radical (unpaired) electrons. The van der Waals surface area contributed by atoms with Crippen LogP contribution in [0.1, 0.15) is 25.3 Å². The van der Waals surface area contributed by atoms with Gasteiger partial charge < -0.3 is 10.4 Å². The van der Waals surface area contributed by atoms with Gasteiger partial charge in [0.1, 0.15) is 0 Å². The van der Waals surface area contributed by atoms with E-state index in [1.807, 2.05) is 19.1 Å². The summed E-state index contributed by atoms with van der Waals surface area (Å²) in [4.78, 5) is 0. The van der Waals surface area contributed by atoms with Crippen LogP contribution in [0.4, 0.5) is 0 Å². The topological polar surface area (TPSA) is 32.3 Å². The van der Waals surface area contributed by atoms with Crippen molar-refractivity contribution < 1.29 is 5.11 Å². The minimum absolute atomic E-state index is 0.125. The molecule has 1 aromatic rings. The summed E-state index contributed by atoms with van der Waals surface area (Å²) in [6.07, 6.45) is 2.45. The number of hydrogen-bond donors (Lipinski definition) is 2. The van der Waals surface area contributed by atoms with Crippen LogP contribution in [0.5, 0.6) is 0 Å². The Morgan fingerprint density at radius 3 is 2.80 bits per heavy atom. The maximum Gasteiger partial charge on any atom is 0.0652 e. The van der Waals surface area contributed by atoms with E-state index in [9.17, 15) is 5.11 Å². The van der Waals surface area contributed by atoms with Crippen LogP contribution in [-0.4, -0.2) is 17.8 Å². The van der Waals surface area contributed by atoms with Crippen LogP contribution in [0.25, 0.3) is 0 Å². The van der Waals surface area contributed by atoms with Gasteiger partial charge in [0, 0.05) is 10.5 Å². The Balaban J connectivity index is 2.23. The van der Waals surface area contributed by atoms with Crippen molar-refractivity contribution in [3.8, 4) is 0 Å². The van der Waals surface area contributed by atoms with E-state index in [4.69, 9.17) is 0 Å². The van der Waals surface area contributed by atoms with Gasteiger partial charge in [-0.15, -0.1) is 0 Å². The summed E-state index contributed by atoms with van der Waals surface area (Å²) < 4.78 is 1.05. The Hall–Kier alpha value is -0.380. The highest BCUT2D eigenvalue weighted by Gasteiger charge is 2.33. The maximum absolute atomic E-state index is 9.53. The monoisotopic (exact) mass is 269 g/mol. The van der Waals surface area contributed by atoms with Crippen molar-refractivity contribution in [2.75, 3.05) is 6.61 Å². The molecule has 1 aromatic carbocycles. The van der Waals surface area contributed by atoms with Gasteiger partial charge in [0.05, 0.1) is 12.1 Å².